The molecular weight excluding hydrogens is 228 g/mol. The Morgan fingerprint density at radius 3 is 2.41 bits per heavy atom. The molecule has 0 aliphatic carbocycles. The van der Waals surface area contributed by atoms with Crippen LogP contribution in [0.15, 0.2) is 30.3 Å². The van der Waals surface area contributed by atoms with Gasteiger partial charge in [-0.2, -0.15) is 8.78 Å². The normalized spacial score (nSPS) is 11.8. The number of aliphatic carboxylic acids is 1. The van der Waals surface area contributed by atoms with Crippen molar-refractivity contribution in [2.24, 2.45) is 0 Å². The number of carboxylic acids is 1. The molecule has 0 bridgehead atoms. The molecule has 0 atom stereocenters. The number of alkyl halides is 2. The lowest BCUT2D eigenvalue weighted by molar-refractivity contribution is -0.167. The third kappa shape index (κ3) is 4.11. The summed E-state index contributed by atoms with van der Waals surface area (Å²) in [6, 6.07) is 9.12. The van der Waals surface area contributed by atoms with E-state index in [-0.39, 0.29) is 0 Å². The van der Waals surface area contributed by atoms with Crippen LogP contribution in [0, 0.1) is 0 Å². The molecule has 3 nitrogen and oxygen atoms in total. The van der Waals surface area contributed by atoms with E-state index in [0.29, 0.717) is 13.1 Å². The molecule has 1 aromatic carbocycles. The van der Waals surface area contributed by atoms with Crippen molar-refractivity contribution >= 4 is 5.97 Å². The van der Waals surface area contributed by atoms with Gasteiger partial charge in [0.25, 0.3) is 0 Å². The largest absolute Gasteiger partial charge is 0.477 e. The predicted octanol–water partition coefficient (Wildman–Crippen LogP) is 2.23. The lowest BCUT2D eigenvalue weighted by Crippen LogP contribution is -2.42. The molecule has 0 spiro atoms. The Hall–Kier alpha value is -1.49. The SMILES string of the molecule is CCN(Cc1ccccc1)CC(F)(F)C(=O)O. The fraction of sp³-hybridized carbons (Fsp3) is 0.417. The van der Waals surface area contributed by atoms with Gasteiger partial charge >= 0.3 is 11.9 Å². The number of benzene rings is 1. The highest BCUT2D eigenvalue weighted by molar-refractivity contribution is 5.75. The maximum absolute atomic E-state index is 13.0. The number of halogens is 2. The number of carbonyl (C=O) groups is 1. The second-order valence-electron chi connectivity index (χ2n) is 3.80. The number of carboxylic acid groups (broad SMARTS) is 1. The van der Waals surface area contributed by atoms with Crippen molar-refractivity contribution in [3.05, 3.63) is 35.9 Å². The van der Waals surface area contributed by atoms with Crippen LogP contribution in [0.5, 0.6) is 0 Å². The molecule has 0 radical (unpaired) electrons. The van der Waals surface area contributed by atoms with Gasteiger partial charge in [-0.1, -0.05) is 37.3 Å². The lowest BCUT2D eigenvalue weighted by atomic mass is 10.2. The van der Waals surface area contributed by atoms with Crippen LogP contribution >= 0.6 is 0 Å². The van der Waals surface area contributed by atoms with E-state index in [0.717, 1.165) is 5.56 Å². The van der Waals surface area contributed by atoms with Gasteiger partial charge in [0.1, 0.15) is 0 Å². The summed E-state index contributed by atoms with van der Waals surface area (Å²) in [5.74, 6) is -5.78. The summed E-state index contributed by atoms with van der Waals surface area (Å²) in [6.45, 7) is 1.65. The average molecular weight is 243 g/mol. The minimum atomic E-state index is -3.70. The minimum Gasteiger partial charge on any atom is -0.477 e. The van der Waals surface area contributed by atoms with Crippen LogP contribution in [-0.2, 0) is 11.3 Å². The summed E-state index contributed by atoms with van der Waals surface area (Å²) in [5, 5.41) is 8.38. The first-order valence-electron chi connectivity index (χ1n) is 5.33. The highest BCUT2D eigenvalue weighted by atomic mass is 19.3. The minimum absolute atomic E-state index is 0.320. The molecule has 0 saturated heterocycles. The van der Waals surface area contributed by atoms with Crippen LogP contribution in [-0.4, -0.2) is 35.0 Å². The Kier molecular flexibility index (Phi) is 4.57. The Morgan fingerprint density at radius 1 is 1.35 bits per heavy atom. The second kappa shape index (κ2) is 5.72. The number of hydrogen-bond donors (Lipinski definition) is 1. The summed E-state index contributed by atoms with van der Waals surface area (Å²) in [7, 11) is 0. The van der Waals surface area contributed by atoms with E-state index in [1.807, 2.05) is 30.3 Å². The molecule has 0 unspecified atom stereocenters. The zero-order valence-electron chi connectivity index (χ0n) is 9.57. The molecule has 94 valence electrons. The molecule has 5 heteroatoms. The van der Waals surface area contributed by atoms with E-state index < -0.39 is 18.4 Å². The van der Waals surface area contributed by atoms with Crippen molar-refractivity contribution in [3.63, 3.8) is 0 Å². The van der Waals surface area contributed by atoms with Gasteiger partial charge in [0.05, 0.1) is 6.54 Å². The van der Waals surface area contributed by atoms with Crippen molar-refractivity contribution < 1.29 is 18.7 Å². The summed E-state index contributed by atoms with van der Waals surface area (Å²) in [4.78, 5) is 11.8. The smallest absolute Gasteiger partial charge is 0.375 e. The van der Waals surface area contributed by atoms with E-state index in [1.165, 1.54) is 4.90 Å². The fourth-order valence-electron chi connectivity index (χ4n) is 1.47. The number of hydrogen-bond acceptors (Lipinski definition) is 2. The summed E-state index contributed by atoms with van der Waals surface area (Å²) in [6.07, 6.45) is 0. The van der Waals surface area contributed by atoms with Gasteiger partial charge in [0, 0.05) is 6.54 Å². The van der Waals surface area contributed by atoms with Crippen LogP contribution < -0.4 is 0 Å². The molecule has 0 aliphatic rings. The van der Waals surface area contributed by atoms with Crippen molar-refractivity contribution in [3.8, 4) is 0 Å². The summed E-state index contributed by atoms with van der Waals surface area (Å²) < 4.78 is 26.1. The summed E-state index contributed by atoms with van der Waals surface area (Å²) in [5.41, 5.74) is 0.885. The molecule has 1 N–H and O–H groups in total. The Labute approximate surface area is 98.7 Å². The van der Waals surface area contributed by atoms with E-state index in [9.17, 15) is 13.6 Å². The molecule has 0 fully saturated rings. The maximum atomic E-state index is 13.0. The average Bonchev–Trinajstić information content (AvgIpc) is 2.29. The molecule has 17 heavy (non-hydrogen) atoms. The van der Waals surface area contributed by atoms with Gasteiger partial charge in [0.15, 0.2) is 0 Å². The predicted molar refractivity (Wildman–Crippen MR) is 60.0 cm³/mol. The van der Waals surface area contributed by atoms with Gasteiger partial charge in [-0.3, -0.25) is 4.90 Å². The zero-order chi connectivity index (χ0) is 12.9. The van der Waals surface area contributed by atoms with Gasteiger partial charge in [-0.25, -0.2) is 4.79 Å². The first-order valence-corrected chi connectivity index (χ1v) is 5.33. The molecule has 0 aromatic heterocycles. The van der Waals surface area contributed by atoms with Gasteiger partial charge in [0.2, 0.25) is 0 Å². The van der Waals surface area contributed by atoms with Crippen LogP contribution in [0.2, 0.25) is 0 Å². The molecular formula is C12H15F2NO2. The quantitative estimate of drug-likeness (QED) is 0.832. The first kappa shape index (κ1) is 13.6. The van der Waals surface area contributed by atoms with Gasteiger partial charge < -0.3 is 5.11 Å². The molecule has 0 aliphatic heterocycles. The molecule has 0 amide bonds. The molecule has 0 saturated carbocycles. The Morgan fingerprint density at radius 2 is 1.94 bits per heavy atom. The van der Waals surface area contributed by atoms with Crippen LogP contribution in [0.4, 0.5) is 8.78 Å². The van der Waals surface area contributed by atoms with Crippen LogP contribution in [0.25, 0.3) is 0 Å². The van der Waals surface area contributed by atoms with Crippen molar-refractivity contribution in [2.75, 3.05) is 13.1 Å². The lowest BCUT2D eigenvalue weighted by Gasteiger charge is -2.23. The van der Waals surface area contributed by atoms with E-state index in [2.05, 4.69) is 0 Å². The second-order valence-corrected chi connectivity index (χ2v) is 3.80. The van der Waals surface area contributed by atoms with Crippen molar-refractivity contribution in [1.29, 1.82) is 0 Å². The third-order valence-corrected chi connectivity index (χ3v) is 2.43. The number of rotatable bonds is 6. The van der Waals surface area contributed by atoms with Gasteiger partial charge in [-0.15, -0.1) is 0 Å². The highest BCUT2D eigenvalue weighted by Crippen LogP contribution is 2.17. The van der Waals surface area contributed by atoms with Gasteiger partial charge in [-0.05, 0) is 12.1 Å². The standard InChI is InChI=1S/C12H15F2NO2/c1-2-15(9-12(13,14)11(16)17)8-10-6-4-3-5-7-10/h3-7H,2,8-9H2,1H3,(H,16,17). The summed E-state index contributed by atoms with van der Waals surface area (Å²) >= 11 is 0. The topological polar surface area (TPSA) is 40.5 Å². The molecule has 1 aromatic rings. The first-order chi connectivity index (χ1) is 7.95. The fourth-order valence-corrected chi connectivity index (χ4v) is 1.47. The molecule has 1 rings (SSSR count). The Balaban J connectivity index is 2.64. The van der Waals surface area contributed by atoms with Crippen LogP contribution in [0.1, 0.15) is 12.5 Å². The maximum Gasteiger partial charge on any atom is 0.375 e. The van der Waals surface area contributed by atoms with Crippen molar-refractivity contribution in [1.82, 2.24) is 4.90 Å². The van der Waals surface area contributed by atoms with E-state index in [1.54, 1.807) is 6.92 Å². The van der Waals surface area contributed by atoms with Crippen LogP contribution in [0.3, 0.4) is 0 Å². The van der Waals surface area contributed by atoms with E-state index in [4.69, 9.17) is 5.11 Å². The third-order valence-electron chi connectivity index (χ3n) is 2.43. The monoisotopic (exact) mass is 243 g/mol. The zero-order valence-corrected chi connectivity index (χ0v) is 9.57. The van der Waals surface area contributed by atoms with Crippen molar-refractivity contribution in [2.45, 2.75) is 19.4 Å². The Bertz CT molecular complexity index is 368. The number of nitrogens with zero attached hydrogens (tertiary/aromatic N) is 1. The highest BCUT2D eigenvalue weighted by Gasteiger charge is 2.40. The van der Waals surface area contributed by atoms with E-state index >= 15 is 0 Å². The molecule has 0 heterocycles.